The Kier molecular flexibility index (Phi) is 11.8. The number of carbonyl (C=O) groups excluding carboxylic acids is 1. The van der Waals surface area contributed by atoms with E-state index >= 15 is 4.39 Å². The summed E-state index contributed by atoms with van der Waals surface area (Å²) < 4.78 is 58.6. The number of carbonyl (C=O) groups is 2. The number of halogens is 4. The van der Waals surface area contributed by atoms with Crippen LogP contribution in [0.4, 0.5) is 17.6 Å². The molecule has 0 aliphatic rings. The average molecular weight is 645 g/mol. The number of nitrogens with zero attached hydrogens (tertiary/aromatic N) is 2. The van der Waals surface area contributed by atoms with Crippen LogP contribution in [0.1, 0.15) is 84.0 Å². The smallest absolute Gasteiger partial charge is 0.416 e. The minimum atomic E-state index is -4.77. The summed E-state index contributed by atoms with van der Waals surface area (Å²) in [5.41, 5.74) is 2.77. The molecule has 0 radical (unpaired) electrons. The quantitative estimate of drug-likeness (QED) is 0.192. The number of alkyl halides is 3. The van der Waals surface area contributed by atoms with Crippen LogP contribution in [-0.2, 0) is 22.2 Å². The number of aromatic nitrogens is 1. The first-order chi connectivity index (χ1) is 21.3. The normalized spacial score (nSPS) is 13.3. The van der Waals surface area contributed by atoms with E-state index in [1.54, 1.807) is 38.1 Å². The highest BCUT2D eigenvalue weighted by Gasteiger charge is 2.36. The van der Waals surface area contributed by atoms with E-state index in [2.05, 4.69) is 0 Å². The first-order valence-corrected chi connectivity index (χ1v) is 15.4. The predicted octanol–water partition coefficient (Wildman–Crippen LogP) is 7.82. The molecule has 10 heteroatoms. The van der Waals surface area contributed by atoms with Crippen LogP contribution >= 0.6 is 0 Å². The van der Waals surface area contributed by atoms with Crippen molar-refractivity contribution in [2.45, 2.75) is 85.4 Å². The number of rotatable bonds is 13. The van der Waals surface area contributed by atoms with Gasteiger partial charge in [-0.2, -0.15) is 13.2 Å². The summed E-state index contributed by atoms with van der Waals surface area (Å²) in [4.78, 5) is 41.0. The van der Waals surface area contributed by atoms with Gasteiger partial charge in [0.2, 0.25) is 0 Å². The van der Waals surface area contributed by atoms with Crippen LogP contribution in [0, 0.1) is 39.4 Å². The predicted molar refractivity (Wildman–Crippen MR) is 172 cm³/mol. The summed E-state index contributed by atoms with van der Waals surface area (Å²) in [6.45, 7) is 11.3. The second-order valence-corrected chi connectivity index (χ2v) is 13.0. The van der Waals surface area contributed by atoms with Gasteiger partial charge in [-0.05, 0) is 117 Å². The number of Topliss-reactive ketones (excluding diaryl/α,β-unsaturated/α-hetero) is 1. The molecule has 0 spiro atoms. The molecule has 1 aromatic heterocycles. The highest BCUT2D eigenvalue weighted by molar-refractivity contribution is 5.84. The minimum absolute atomic E-state index is 0.0125. The topological polar surface area (TPSA) is 79.6 Å². The molecular formula is C36H44F4N2O4. The van der Waals surface area contributed by atoms with Gasteiger partial charge in [-0.15, -0.1) is 0 Å². The first kappa shape index (κ1) is 36.7. The standard InChI is InChI=1S/C36H44F4N2O4/c1-20(2)13-30(42-19-25(11-12-41(7)8)29(18-32(42)44)36(38,39)40)31(43)16-26(17-33(45)46)28-15-27(14-23(5)35(28)37)34-22(4)10-9-21(3)24(34)6/h9-10,14-15,18-20,26,30H,11-13,16-17H2,1-8H3,(H,45,46)/t26-,30?/m0/s1. The maximum absolute atomic E-state index is 15.8. The minimum Gasteiger partial charge on any atom is -0.481 e. The summed E-state index contributed by atoms with van der Waals surface area (Å²) in [5.74, 6) is -3.63. The monoisotopic (exact) mass is 644 g/mol. The molecule has 3 rings (SSSR count). The third-order valence-electron chi connectivity index (χ3n) is 8.52. The highest BCUT2D eigenvalue weighted by Crippen LogP contribution is 2.37. The number of hydrogen-bond donors (Lipinski definition) is 1. The van der Waals surface area contributed by atoms with Crippen LogP contribution in [0.3, 0.4) is 0 Å². The SMILES string of the molecule is Cc1ccc(C)c(-c2cc(C)c(F)c([C@H](CC(=O)O)CC(=O)C(CC(C)C)n3cc(CCN(C)C)c(C(F)(F)F)cc3=O)c2)c1C. The fourth-order valence-electron chi connectivity index (χ4n) is 6.00. The molecule has 2 aromatic carbocycles. The van der Waals surface area contributed by atoms with E-state index in [-0.39, 0.29) is 36.4 Å². The number of hydrogen-bond acceptors (Lipinski definition) is 4. The van der Waals surface area contributed by atoms with Crippen LogP contribution in [0.15, 0.2) is 41.3 Å². The third-order valence-corrected chi connectivity index (χ3v) is 8.52. The maximum atomic E-state index is 15.8. The number of benzene rings is 2. The maximum Gasteiger partial charge on any atom is 0.416 e. The van der Waals surface area contributed by atoms with E-state index < -0.39 is 59.7 Å². The second kappa shape index (κ2) is 14.8. The molecule has 2 atom stereocenters. The van der Waals surface area contributed by atoms with Gasteiger partial charge in [0, 0.05) is 31.1 Å². The summed E-state index contributed by atoms with van der Waals surface area (Å²) in [6, 6.07) is 6.60. The van der Waals surface area contributed by atoms with Gasteiger partial charge in [0.05, 0.1) is 18.0 Å². The number of pyridine rings is 1. The molecule has 250 valence electrons. The molecule has 1 N–H and O–H groups in total. The Hall–Kier alpha value is -3.79. The zero-order chi connectivity index (χ0) is 34.7. The number of aryl methyl sites for hydroxylation is 3. The van der Waals surface area contributed by atoms with Gasteiger partial charge in [0.15, 0.2) is 5.78 Å². The van der Waals surface area contributed by atoms with Gasteiger partial charge in [-0.1, -0.05) is 26.0 Å². The summed E-state index contributed by atoms with van der Waals surface area (Å²) in [7, 11) is 3.43. The van der Waals surface area contributed by atoms with Crippen molar-refractivity contribution in [2.24, 2.45) is 5.92 Å². The number of carboxylic acids is 1. The van der Waals surface area contributed by atoms with Crippen molar-refractivity contribution < 1.29 is 32.3 Å². The lowest BCUT2D eigenvalue weighted by atomic mass is 9.83. The van der Waals surface area contributed by atoms with Gasteiger partial charge in [-0.3, -0.25) is 14.4 Å². The molecule has 0 aliphatic heterocycles. The van der Waals surface area contributed by atoms with E-state index in [9.17, 15) is 32.7 Å². The molecule has 3 aromatic rings. The van der Waals surface area contributed by atoms with E-state index in [0.717, 1.165) is 33.0 Å². The Bertz CT molecular complexity index is 1660. The number of aliphatic carboxylic acids is 1. The molecular weight excluding hydrogens is 600 g/mol. The summed E-state index contributed by atoms with van der Waals surface area (Å²) >= 11 is 0. The van der Waals surface area contributed by atoms with Gasteiger partial charge >= 0.3 is 12.1 Å². The molecule has 1 unspecified atom stereocenters. The average Bonchev–Trinajstić information content (AvgIpc) is 2.93. The lowest BCUT2D eigenvalue weighted by Gasteiger charge is -2.26. The molecule has 0 fully saturated rings. The van der Waals surface area contributed by atoms with Crippen molar-refractivity contribution in [3.8, 4) is 11.1 Å². The zero-order valence-corrected chi connectivity index (χ0v) is 27.8. The van der Waals surface area contributed by atoms with Crippen LogP contribution < -0.4 is 5.56 Å². The highest BCUT2D eigenvalue weighted by atomic mass is 19.4. The fourth-order valence-corrected chi connectivity index (χ4v) is 6.00. The third kappa shape index (κ3) is 8.72. The lowest BCUT2D eigenvalue weighted by Crippen LogP contribution is -2.33. The van der Waals surface area contributed by atoms with Gasteiger partial charge in [0.1, 0.15) is 5.82 Å². The molecule has 46 heavy (non-hydrogen) atoms. The van der Waals surface area contributed by atoms with Crippen molar-refractivity contribution in [1.29, 1.82) is 0 Å². The fraction of sp³-hybridized carbons (Fsp3) is 0.472. The second-order valence-electron chi connectivity index (χ2n) is 13.0. The van der Waals surface area contributed by atoms with Crippen molar-refractivity contribution in [2.75, 3.05) is 20.6 Å². The molecule has 6 nitrogen and oxygen atoms in total. The number of carboxylic acid groups (broad SMARTS) is 1. The van der Waals surface area contributed by atoms with Crippen molar-refractivity contribution in [3.05, 3.63) is 91.6 Å². The van der Waals surface area contributed by atoms with Gasteiger partial charge < -0.3 is 14.6 Å². The summed E-state index contributed by atoms with van der Waals surface area (Å²) in [5, 5.41) is 9.82. The number of likely N-dealkylation sites (N-methyl/N-ethyl adjacent to an activating group) is 1. The Labute approximate surface area is 268 Å². The molecule has 0 amide bonds. The van der Waals surface area contributed by atoms with Crippen LogP contribution in [0.25, 0.3) is 11.1 Å². The van der Waals surface area contributed by atoms with E-state index in [0.29, 0.717) is 17.2 Å². The zero-order valence-electron chi connectivity index (χ0n) is 27.8. The van der Waals surface area contributed by atoms with Crippen LogP contribution in [-0.4, -0.2) is 47.0 Å². The largest absolute Gasteiger partial charge is 0.481 e. The Morgan fingerprint density at radius 3 is 2.15 bits per heavy atom. The Morgan fingerprint density at radius 1 is 0.957 bits per heavy atom. The van der Waals surface area contributed by atoms with E-state index in [1.165, 1.54) is 0 Å². The molecule has 0 bridgehead atoms. The van der Waals surface area contributed by atoms with Crippen molar-refractivity contribution in [1.82, 2.24) is 9.47 Å². The Balaban J connectivity index is 2.16. The molecule has 0 aliphatic carbocycles. The lowest BCUT2D eigenvalue weighted by molar-refractivity contribution is -0.139. The van der Waals surface area contributed by atoms with E-state index in [4.69, 9.17) is 0 Å². The van der Waals surface area contributed by atoms with Crippen molar-refractivity contribution >= 4 is 11.8 Å². The van der Waals surface area contributed by atoms with Crippen LogP contribution in [0.2, 0.25) is 0 Å². The molecule has 1 heterocycles. The molecule has 0 saturated heterocycles. The first-order valence-electron chi connectivity index (χ1n) is 15.4. The van der Waals surface area contributed by atoms with Crippen LogP contribution in [0.5, 0.6) is 0 Å². The van der Waals surface area contributed by atoms with E-state index in [1.807, 2.05) is 46.8 Å². The Morgan fingerprint density at radius 2 is 1.59 bits per heavy atom. The van der Waals surface area contributed by atoms with Gasteiger partial charge in [-0.25, -0.2) is 4.39 Å². The molecule has 0 saturated carbocycles. The number of ketones is 1. The summed E-state index contributed by atoms with van der Waals surface area (Å²) in [6.07, 6.45) is -4.52. The van der Waals surface area contributed by atoms with Crippen molar-refractivity contribution in [3.63, 3.8) is 0 Å². The van der Waals surface area contributed by atoms with Gasteiger partial charge in [0.25, 0.3) is 5.56 Å².